The molecule has 1 aromatic carbocycles. The fraction of sp³-hybridized carbons (Fsp3) is 0.381. The average molecular weight is 385 g/mol. The first-order valence-electron chi connectivity index (χ1n) is 9.21. The lowest BCUT2D eigenvalue weighted by Crippen LogP contribution is -2.48. The first-order chi connectivity index (χ1) is 13.5. The van der Waals surface area contributed by atoms with Crippen LogP contribution in [0.25, 0.3) is 0 Å². The molecule has 0 saturated carbocycles. The third-order valence-electron chi connectivity index (χ3n) is 3.98. The number of carbonyl (C=O) groups is 2. The number of aromatic nitrogens is 1. The van der Waals surface area contributed by atoms with E-state index in [1.165, 1.54) is 7.11 Å². The maximum Gasteiger partial charge on any atom is 0.258 e. The predicted octanol–water partition coefficient (Wildman–Crippen LogP) is 2.32. The van der Waals surface area contributed by atoms with Crippen molar-refractivity contribution >= 4 is 11.8 Å². The van der Waals surface area contributed by atoms with Gasteiger partial charge in [-0.2, -0.15) is 0 Å². The number of benzene rings is 1. The molecule has 2 N–H and O–H groups in total. The largest absolute Gasteiger partial charge is 0.493 e. The lowest BCUT2D eigenvalue weighted by atomic mass is 10.0. The molecule has 0 unspecified atom stereocenters. The number of carbonyl (C=O) groups excluding carboxylic acids is 2. The predicted molar refractivity (Wildman–Crippen MR) is 106 cm³/mol. The van der Waals surface area contributed by atoms with E-state index in [2.05, 4.69) is 15.6 Å². The summed E-state index contributed by atoms with van der Waals surface area (Å²) in [7, 11) is 1.54. The number of hydrogen-bond donors (Lipinski definition) is 2. The number of methoxy groups -OCH3 is 1. The number of ether oxygens (including phenoxy) is 2. The summed E-state index contributed by atoms with van der Waals surface area (Å²) in [6.07, 6.45) is 3.89. The van der Waals surface area contributed by atoms with E-state index in [0.29, 0.717) is 24.5 Å². The van der Waals surface area contributed by atoms with Gasteiger partial charge in [-0.3, -0.25) is 14.6 Å². The van der Waals surface area contributed by atoms with E-state index in [-0.39, 0.29) is 24.3 Å². The number of pyridine rings is 1. The highest BCUT2D eigenvalue weighted by Gasteiger charge is 2.22. The molecule has 0 radical (unpaired) electrons. The summed E-state index contributed by atoms with van der Waals surface area (Å²) in [4.78, 5) is 28.9. The number of amides is 2. The highest BCUT2D eigenvalue weighted by molar-refractivity contribution is 5.88. The van der Waals surface area contributed by atoms with Crippen LogP contribution >= 0.6 is 0 Å². The van der Waals surface area contributed by atoms with Crippen LogP contribution in [0.1, 0.15) is 25.8 Å². The van der Waals surface area contributed by atoms with E-state index in [4.69, 9.17) is 9.47 Å². The molecule has 0 spiro atoms. The summed E-state index contributed by atoms with van der Waals surface area (Å²) in [6, 6.07) is 10.1. The molecule has 1 aromatic heterocycles. The SMILES string of the molecule is COc1ccccc1OCC(=O)N[C@@H](CC(C)C)C(=O)NCc1cccnc1. The number of hydrogen-bond acceptors (Lipinski definition) is 5. The summed E-state index contributed by atoms with van der Waals surface area (Å²) in [5, 5.41) is 5.61. The van der Waals surface area contributed by atoms with Gasteiger partial charge in [0.05, 0.1) is 7.11 Å². The molecule has 0 bridgehead atoms. The normalized spacial score (nSPS) is 11.6. The van der Waals surface area contributed by atoms with E-state index in [9.17, 15) is 9.59 Å². The van der Waals surface area contributed by atoms with Crippen LogP contribution in [0.3, 0.4) is 0 Å². The highest BCUT2D eigenvalue weighted by Crippen LogP contribution is 2.25. The molecular formula is C21H27N3O4. The van der Waals surface area contributed by atoms with Crippen LogP contribution in [0.4, 0.5) is 0 Å². The molecule has 150 valence electrons. The van der Waals surface area contributed by atoms with Crippen LogP contribution < -0.4 is 20.1 Å². The summed E-state index contributed by atoms with van der Waals surface area (Å²) in [5.74, 6) is 0.658. The van der Waals surface area contributed by atoms with Crippen molar-refractivity contribution < 1.29 is 19.1 Å². The van der Waals surface area contributed by atoms with Gasteiger partial charge in [-0.15, -0.1) is 0 Å². The van der Waals surface area contributed by atoms with Gasteiger partial charge in [0.2, 0.25) is 5.91 Å². The van der Waals surface area contributed by atoms with Crippen LogP contribution in [0.5, 0.6) is 11.5 Å². The lowest BCUT2D eigenvalue weighted by molar-refractivity contribution is -0.130. The Kier molecular flexibility index (Phi) is 8.27. The first kappa shape index (κ1) is 21.2. The Bertz CT molecular complexity index is 765. The molecule has 0 aliphatic carbocycles. The van der Waals surface area contributed by atoms with Gasteiger partial charge >= 0.3 is 0 Å². The van der Waals surface area contributed by atoms with Crippen LogP contribution in [-0.4, -0.2) is 36.6 Å². The van der Waals surface area contributed by atoms with E-state index in [0.717, 1.165) is 5.56 Å². The molecule has 2 rings (SSSR count). The summed E-state index contributed by atoms with van der Waals surface area (Å²) < 4.78 is 10.7. The third kappa shape index (κ3) is 6.90. The average Bonchev–Trinajstić information content (AvgIpc) is 2.70. The molecule has 0 aliphatic heterocycles. The van der Waals surface area contributed by atoms with Gasteiger partial charge in [0.15, 0.2) is 18.1 Å². The standard InChI is InChI=1S/C21H27N3O4/c1-15(2)11-17(21(26)23-13-16-7-6-10-22-12-16)24-20(25)14-28-19-9-5-4-8-18(19)27-3/h4-10,12,15,17H,11,13-14H2,1-3H3,(H,23,26)(H,24,25)/t17-/m0/s1. The van der Waals surface area contributed by atoms with Crippen molar-refractivity contribution in [3.63, 3.8) is 0 Å². The molecule has 0 aliphatic rings. The quantitative estimate of drug-likeness (QED) is 0.655. The Hall–Kier alpha value is -3.09. The van der Waals surface area contributed by atoms with Crippen molar-refractivity contribution in [3.05, 3.63) is 54.4 Å². The Morgan fingerprint density at radius 3 is 2.50 bits per heavy atom. The Balaban J connectivity index is 1.90. The van der Waals surface area contributed by atoms with E-state index in [1.54, 1.807) is 30.6 Å². The second kappa shape index (κ2) is 10.9. The fourth-order valence-electron chi connectivity index (χ4n) is 2.64. The van der Waals surface area contributed by atoms with Crippen LogP contribution in [-0.2, 0) is 16.1 Å². The van der Waals surface area contributed by atoms with Gasteiger partial charge in [0.25, 0.3) is 5.91 Å². The molecule has 2 amide bonds. The van der Waals surface area contributed by atoms with Crippen LogP contribution in [0.15, 0.2) is 48.8 Å². The zero-order valence-electron chi connectivity index (χ0n) is 16.5. The molecule has 28 heavy (non-hydrogen) atoms. The van der Waals surface area contributed by atoms with Gasteiger partial charge < -0.3 is 20.1 Å². The van der Waals surface area contributed by atoms with Gasteiger partial charge in [0, 0.05) is 18.9 Å². The van der Waals surface area contributed by atoms with Crippen molar-refractivity contribution in [2.24, 2.45) is 5.92 Å². The van der Waals surface area contributed by atoms with Crippen molar-refractivity contribution in [3.8, 4) is 11.5 Å². The minimum Gasteiger partial charge on any atom is -0.493 e. The van der Waals surface area contributed by atoms with Crippen LogP contribution in [0.2, 0.25) is 0 Å². The first-order valence-corrected chi connectivity index (χ1v) is 9.21. The fourth-order valence-corrected chi connectivity index (χ4v) is 2.64. The molecule has 0 fully saturated rings. The van der Waals surface area contributed by atoms with E-state index >= 15 is 0 Å². The topological polar surface area (TPSA) is 89.5 Å². The molecule has 7 heteroatoms. The van der Waals surface area contributed by atoms with Gasteiger partial charge in [-0.1, -0.05) is 32.0 Å². The maximum absolute atomic E-state index is 12.6. The summed E-state index contributed by atoms with van der Waals surface area (Å²) in [6.45, 7) is 4.15. The van der Waals surface area contributed by atoms with Gasteiger partial charge in [-0.05, 0) is 36.1 Å². The smallest absolute Gasteiger partial charge is 0.258 e. The third-order valence-corrected chi connectivity index (χ3v) is 3.98. The zero-order chi connectivity index (χ0) is 20.4. The number of rotatable bonds is 10. The molecule has 2 aromatic rings. The second-order valence-corrected chi connectivity index (χ2v) is 6.77. The molecular weight excluding hydrogens is 358 g/mol. The minimum absolute atomic E-state index is 0.204. The molecule has 1 heterocycles. The Labute approximate surface area is 165 Å². The van der Waals surface area contributed by atoms with Crippen molar-refractivity contribution in [1.29, 1.82) is 0 Å². The minimum atomic E-state index is -0.634. The van der Waals surface area contributed by atoms with Crippen molar-refractivity contribution in [1.82, 2.24) is 15.6 Å². The highest BCUT2D eigenvalue weighted by atomic mass is 16.5. The Morgan fingerprint density at radius 2 is 1.86 bits per heavy atom. The zero-order valence-corrected chi connectivity index (χ0v) is 16.5. The Morgan fingerprint density at radius 1 is 1.11 bits per heavy atom. The van der Waals surface area contributed by atoms with Crippen molar-refractivity contribution in [2.75, 3.05) is 13.7 Å². The molecule has 0 saturated heterocycles. The van der Waals surface area contributed by atoms with Crippen molar-refractivity contribution in [2.45, 2.75) is 32.9 Å². The number of para-hydroxylation sites is 2. The summed E-state index contributed by atoms with van der Waals surface area (Å²) >= 11 is 0. The van der Waals surface area contributed by atoms with Crippen LogP contribution in [0, 0.1) is 5.92 Å². The van der Waals surface area contributed by atoms with E-state index in [1.807, 2.05) is 32.0 Å². The lowest BCUT2D eigenvalue weighted by Gasteiger charge is -2.20. The second-order valence-electron chi connectivity index (χ2n) is 6.77. The maximum atomic E-state index is 12.6. The van der Waals surface area contributed by atoms with Gasteiger partial charge in [0.1, 0.15) is 6.04 Å². The molecule has 7 nitrogen and oxygen atoms in total. The van der Waals surface area contributed by atoms with E-state index < -0.39 is 6.04 Å². The monoisotopic (exact) mass is 385 g/mol. The number of nitrogens with one attached hydrogen (secondary N) is 2. The molecule has 1 atom stereocenters. The number of nitrogens with zero attached hydrogens (tertiary/aromatic N) is 1. The van der Waals surface area contributed by atoms with Gasteiger partial charge in [-0.25, -0.2) is 0 Å². The summed E-state index contributed by atoms with van der Waals surface area (Å²) in [5.41, 5.74) is 0.893.